The largest absolute Gasteiger partial charge is 0.341 e. The van der Waals surface area contributed by atoms with Gasteiger partial charge in [0.25, 0.3) is 5.91 Å². The Morgan fingerprint density at radius 3 is 2.52 bits per heavy atom. The number of hydrogen-bond donors (Lipinski definition) is 1. The van der Waals surface area contributed by atoms with Crippen molar-refractivity contribution in [3.05, 3.63) is 54.4 Å². The summed E-state index contributed by atoms with van der Waals surface area (Å²) >= 11 is 0. The number of benzene rings is 1. The summed E-state index contributed by atoms with van der Waals surface area (Å²) in [6.07, 6.45) is 4.96. The average Bonchev–Trinajstić information content (AvgIpc) is 3.34. The maximum Gasteiger partial charge on any atom is 0.325 e. The summed E-state index contributed by atoms with van der Waals surface area (Å²) in [6, 6.07) is 10.7. The lowest BCUT2D eigenvalue weighted by molar-refractivity contribution is -0.141. The first kappa shape index (κ1) is 19.2. The number of likely N-dealkylation sites (tertiary alicyclic amines) is 1. The van der Waals surface area contributed by atoms with E-state index in [1.807, 2.05) is 37.3 Å². The Bertz CT molecular complexity index is 888. The lowest BCUT2D eigenvalue weighted by Gasteiger charge is -2.42. The summed E-state index contributed by atoms with van der Waals surface area (Å²) in [5, 5.41) is 6.69. The standard InChI is InChI=1S/C21H25N5O3/c1-2-17(26-12-6-11-22-26)18(27)24-13-9-21(10-14-24)19(28)23-20(29)25(21)15-16-7-4-3-5-8-16/h3-8,11-12,17H,2,9-10,13-15H2,1H3,(H,23,28,29). The highest BCUT2D eigenvalue weighted by molar-refractivity contribution is 6.07. The summed E-state index contributed by atoms with van der Waals surface area (Å²) in [5.41, 5.74) is 0.0804. The van der Waals surface area contributed by atoms with E-state index in [2.05, 4.69) is 10.4 Å². The molecule has 2 aliphatic rings. The fraction of sp³-hybridized carbons (Fsp3) is 0.429. The van der Waals surface area contributed by atoms with Crippen LogP contribution in [0.1, 0.15) is 37.8 Å². The van der Waals surface area contributed by atoms with Crippen LogP contribution < -0.4 is 5.32 Å². The number of nitrogens with one attached hydrogen (secondary N) is 1. The van der Waals surface area contributed by atoms with Gasteiger partial charge in [0.05, 0.1) is 0 Å². The molecule has 29 heavy (non-hydrogen) atoms. The second-order valence-electron chi connectivity index (χ2n) is 7.60. The first-order valence-electron chi connectivity index (χ1n) is 10.00. The third-order valence-corrected chi connectivity index (χ3v) is 6.01. The molecule has 2 fully saturated rings. The van der Waals surface area contributed by atoms with Crippen LogP contribution in [0.2, 0.25) is 0 Å². The minimum atomic E-state index is -0.892. The van der Waals surface area contributed by atoms with Crippen LogP contribution >= 0.6 is 0 Å². The molecule has 2 saturated heterocycles. The monoisotopic (exact) mass is 395 g/mol. The second-order valence-corrected chi connectivity index (χ2v) is 7.60. The molecule has 3 heterocycles. The number of imide groups is 1. The average molecular weight is 395 g/mol. The number of carbonyl (C=O) groups is 3. The van der Waals surface area contributed by atoms with Crippen molar-refractivity contribution in [2.45, 2.75) is 44.3 Å². The van der Waals surface area contributed by atoms with Gasteiger partial charge in [-0.25, -0.2) is 4.79 Å². The molecule has 1 N–H and O–H groups in total. The van der Waals surface area contributed by atoms with Crippen molar-refractivity contribution in [2.75, 3.05) is 13.1 Å². The Morgan fingerprint density at radius 1 is 1.17 bits per heavy atom. The highest BCUT2D eigenvalue weighted by Crippen LogP contribution is 2.35. The van der Waals surface area contributed by atoms with Gasteiger partial charge in [-0.15, -0.1) is 0 Å². The molecular weight excluding hydrogens is 370 g/mol. The van der Waals surface area contributed by atoms with Crippen LogP contribution in [-0.4, -0.2) is 56.1 Å². The maximum atomic E-state index is 13.0. The number of nitrogens with zero attached hydrogens (tertiary/aromatic N) is 4. The predicted molar refractivity (Wildman–Crippen MR) is 106 cm³/mol. The van der Waals surface area contributed by atoms with Gasteiger partial charge in [0, 0.05) is 32.0 Å². The normalized spacial score (nSPS) is 19.5. The summed E-state index contributed by atoms with van der Waals surface area (Å²) in [6.45, 7) is 3.20. The summed E-state index contributed by atoms with van der Waals surface area (Å²) < 4.78 is 1.68. The van der Waals surface area contributed by atoms with Gasteiger partial charge in [-0.1, -0.05) is 37.3 Å². The van der Waals surface area contributed by atoms with Crippen LogP contribution in [0, 0.1) is 0 Å². The Hall–Kier alpha value is -3.16. The minimum Gasteiger partial charge on any atom is -0.341 e. The molecule has 4 amide bonds. The number of piperidine rings is 1. The van der Waals surface area contributed by atoms with Crippen molar-refractivity contribution in [2.24, 2.45) is 0 Å². The zero-order valence-corrected chi connectivity index (χ0v) is 16.5. The molecule has 2 aliphatic heterocycles. The number of rotatable bonds is 5. The lowest BCUT2D eigenvalue weighted by atomic mass is 9.85. The van der Waals surface area contributed by atoms with Gasteiger partial charge in [0.1, 0.15) is 11.6 Å². The Labute approximate surface area is 169 Å². The molecular formula is C21H25N5O3. The third-order valence-electron chi connectivity index (χ3n) is 6.01. The van der Waals surface area contributed by atoms with Crippen LogP contribution in [0.3, 0.4) is 0 Å². The highest BCUT2D eigenvalue weighted by Gasteiger charge is 2.54. The van der Waals surface area contributed by atoms with E-state index in [1.165, 1.54) is 0 Å². The van der Waals surface area contributed by atoms with Gasteiger partial charge in [0.15, 0.2) is 0 Å². The molecule has 2 aromatic rings. The fourth-order valence-corrected chi connectivity index (χ4v) is 4.33. The van der Waals surface area contributed by atoms with Crippen LogP contribution in [0.4, 0.5) is 4.79 Å². The minimum absolute atomic E-state index is 0.00499. The first-order valence-corrected chi connectivity index (χ1v) is 10.00. The summed E-state index contributed by atoms with van der Waals surface area (Å²) in [7, 11) is 0. The molecule has 4 rings (SSSR count). The summed E-state index contributed by atoms with van der Waals surface area (Å²) in [5.74, 6) is -0.255. The lowest BCUT2D eigenvalue weighted by Crippen LogP contribution is -2.57. The van der Waals surface area contributed by atoms with Crippen molar-refractivity contribution in [3.63, 3.8) is 0 Å². The van der Waals surface area contributed by atoms with Crippen molar-refractivity contribution in [3.8, 4) is 0 Å². The van der Waals surface area contributed by atoms with E-state index in [4.69, 9.17) is 0 Å². The van der Waals surface area contributed by atoms with Crippen LogP contribution in [0.25, 0.3) is 0 Å². The molecule has 0 bridgehead atoms. The molecule has 8 nitrogen and oxygen atoms in total. The quantitative estimate of drug-likeness (QED) is 0.784. The van der Waals surface area contributed by atoms with Gasteiger partial charge < -0.3 is 9.80 Å². The number of hydrogen-bond acceptors (Lipinski definition) is 4. The summed E-state index contributed by atoms with van der Waals surface area (Å²) in [4.78, 5) is 41.7. The van der Waals surface area contributed by atoms with Gasteiger partial charge in [-0.3, -0.25) is 19.6 Å². The molecule has 0 radical (unpaired) electrons. The molecule has 152 valence electrons. The van der Waals surface area contributed by atoms with E-state index < -0.39 is 5.54 Å². The van der Waals surface area contributed by atoms with Gasteiger partial charge in [-0.2, -0.15) is 5.10 Å². The molecule has 1 aromatic carbocycles. The Kier molecular flexibility index (Phi) is 5.08. The van der Waals surface area contributed by atoms with Crippen LogP contribution in [-0.2, 0) is 16.1 Å². The molecule has 8 heteroatoms. The van der Waals surface area contributed by atoms with Crippen molar-refractivity contribution < 1.29 is 14.4 Å². The molecule has 1 aromatic heterocycles. The molecule has 0 saturated carbocycles. The van der Waals surface area contributed by atoms with E-state index in [-0.39, 0.29) is 23.9 Å². The number of amides is 4. The van der Waals surface area contributed by atoms with Crippen molar-refractivity contribution in [1.82, 2.24) is 24.9 Å². The fourth-order valence-electron chi connectivity index (χ4n) is 4.33. The molecule has 0 aliphatic carbocycles. The van der Waals surface area contributed by atoms with Gasteiger partial charge in [-0.05, 0) is 30.9 Å². The highest BCUT2D eigenvalue weighted by atomic mass is 16.2. The zero-order valence-electron chi connectivity index (χ0n) is 16.5. The third kappa shape index (κ3) is 3.39. The maximum absolute atomic E-state index is 13.0. The van der Waals surface area contributed by atoms with Crippen LogP contribution in [0.5, 0.6) is 0 Å². The smallest absolute Gasteiger partial charge is 0.325 e. The molecule has 1 spiro atoms. The van der Waals surface area contributed by atoms with Crippen molar-refractivity contribution in [1.29, 1.82) is 0 Å². The topological polar surface area (TPSA) is 87.5 Å². The van der Waals surface area contributed by atoms with Crippen molar-refractivity contribution >= 4 is 17.8 Å². The van der Waals surface area contributed by atoms with E-state index >= 15 is 0 Å². The van der Waals surface area contributed by atoms with E-state index in [0.29, 0.717) is 38.9 Å². The first-order chi connectivity index (χ1) is 14.0. The van der Waals surface area contributed by atoms with Crippen LogP contribution in [0.15, 0.2) is 48.8 Å². The SMILES string of the molecule is CCC(C(=O)N1CCC2(CC1)C(=O)NC(=O)N2Cc1ccccc1)n1cccn1. The predicted octanol–water partition coefficient (Wildman–Crippen LogP) is 1.95. The van der Waals surface area contributed by atoms with E-state index in [1.54, 1.807) is 32.9 Å². The molecule has 1 unspecified atom stereocenters. The zero-order chi connectivity index (χ0) is 20.4. The number of urea groups is 1. The van der Waals surface area contributed by atoms with E-state index in [0.717, 1.165) is 5.56 Å². The Morgan fingerprint density at radius 2 is 1.90 bits per heavy atom. The van der Waals surface area contributed by atoms with E-state index in [9.17, 15) is 14.4 Å². The number of aromatic nitrogens is 2. The number of carbonyl (C=O) groups excluding carboxylic acids is 3. The second kappa shape index (κ2) is 7.69. The molecule has 1 atom stereocenters. The van der Waals surface area contributed by atoms with Gasteiger partial charge >= 0.3 is 6.03 Å². The van der Waals surface area contributed by atoms with Gasteiger partial charge in [0.2, 0.25) is 5.91 Å². The Balaban J connectivity index is 1.49.